The number of aromatic nitrogens is 1. The number of benzene rings is 1. The van der Waals surface area contributed by atoms with Crippen LogP contribution in [0, 0.1) is 13.8 Å². The highest BCUT2D eigenvalue weighted by Crippen LogP contribution is 2.24. The maximum absolute atomic E-state index is 5.98. The van der Waals surface area contributed by atoms with Gasteiger partial charge in [0.2, 0.25) is 0 Å². The summed E-state index contributed by atoms with van der Waals surface area (Å²) in [5, 5.41) is 2.05. The fourth-order valence-electron chi connectivity index (χ4n) is 1.46. The summed E-state index contributed by atoms with van der Waals surface area (Å²) in [6.07, 6.45) is 0. The number of hydrogen-bond donors (Lipinski definition) is 1. The molecule has 2 aromatic rings. The number of hydrogen-bond acceptors (Lipinski definition) is 0. The van der Waals surface area contributed by atoms with Crippen LogP contribution in [-0.4, -0.2) is 4.98 Å². The summed E-state index contributed by atoms with van der Waals surface area (Å²) in [6, 6.07) is 6.10. The highest BCUT2D eigenvalue weighted by molar-refractivity contribution is 6.32. The lowest BCUT2D eigenvalue weighted by molar-refractivity contribution is 1.29. The molecule has 0 aliphatic carbocycles. The van der Waals surface area contributed by atoms with E-state index in [1.165, 1.54) is 11.1 Å². The quantitative estimate of drug-likeness (QED) is 0.638. The van der Waals surface area contributed by atoms with Gasteiger partial charge >= 0.3 is 0 Å². The summed E-state index contributed by atoms with van der Waals surface area (Å²) in [6.45, 7) is 4.08. The van der Waals surface area contributed by atoms with E-state index in [9.17, 15) is 0 Å². The van der Waals surface area contributed by atoms with Crippen LogP contribution in [0.3, 0.4) is 0 Å². The van der Waals surface area contributed by atoms with E-state index < -0.39 is 0 Å². The number of nitrogens with one attached hydrogen (secondary N) is 1. The molecule has 1 aromatic heterocycles. The number of halogens is 1. The summed E-state index contributed by atoms with van der Waals surface area (Å²) in [4.78, 5) is 3.28. The molecule has 62 valence electrons. The molecule has 0 amide bonds. The van der Waals surface area contributed by atoms with E-state index in [1.807, 2.05) is 26.0 Å². The van der Waals surface area contributed by atoms with Crippen LogP contribution in [-0.2, 0) is 0 Å². The molecule has 0 saturated heterocycles. The first-order chi connectivity index (χ1) is 5.68. The minimum absolute atomic E-state index is 0.823. The summed E-state index contributed by atoms with van der Waals surface area (Å²) in [7, 11) is 0. The Labute approximate surface area is 76.4 Å². The molecule has 0 bridgehead atoms. The van der Waals surface area contributed by atoms with Gasteiger partial charge in [-0.2, -0.15) is 0 Å². The molecule has 0 spiro atoms. The predicted octanol–water partition coefficient (Wildman–Crippen LogP) is 3.44. The van der Waals surface area contributed by atoms with E-state index in [2.05, 4.69) is 11.1 Å². The molecule has 1 heterocycles. The Morgan fingerprint density at radius 2 is 2.00 bits per heavy atom. The van der Waals surface area contributed by atoms with Gasteiger partial charge in [-0.05, 0) is 31.5 Å². The van der Waals surface area contributed by atoms with Crippen molar-refractivity contribution in [1.82, 2.24) is 4.98 Å². The lowest BCUT2D eigenvalue weighted by atomic mass is 10.2. The molecule has 0 fully saturated rings. The average Bonchev–Trinajstić information content (AvgIpc) is 2.39. The second kappa shape index (κ2) is 2.53. The van der Waals surface area contributed by atoms with Crippen molar-refractivity contribution in [1.29, 1.82) is 0 Å². The molecule has 0 unspecified atom stereocenters. The molecule has 1 aromatic carbocycles. The number of H-pyrrole nitrogens is 1. The third-order valence-electron chi connectivity index (χ3n) is 2.13. The third kappa shape index (κ3) is 1.01. The van der Waals surface area contributed by atoms with Crippen LogP contribution < -0.4 is 0 Å². The van der Waals surface area contributed by atoms with Crippen LogP contribution in [0.15, 0.2) is 18.2 Å². The largest absolute Gasteiger partial charge is 0.358 e. The first kappa shape index (κ1) is 7.69. The first-order valence-electron chi connectivity index (χ1n) is 3.93. The van der Waals surface area contributed by atoms with Gasteiger partial charge in [-0.1, -0.05) is 17.7 Å². The SMILES string of the molecule is Cc1cc2ccc(Cl)c(C)c2[nH]1. The van der Waals surface area contributed by atoms with Crippen molar-refractivity contribution < 1.29 is 0 Å². The molecule has 1 nitrogen and oxygen atoms in total. The zero-order chi connectivity index (χ0) is 8.72. The predicted molar refractivity (Wildman–Crippen MR) is 52.8 cm³/mol. The molecule has 0 aliphatic rings. The molecule has 2 heteroatoms. The zero-order valence-electron chi connectivity index (χ0n) is 7.11. The van der Waals surface area contributed by atoms with Gasteiger partial charge in [-0.25, -0.2) is 0 Å². The first-order valence-corrected chi connectivity index (χ1v) is 4.30. The average molecular weight is 180 g/mol. The van der Waals surface area contributed by atoms with Gasteiger partial charge in [0.15, 0.2) is 0 Å². The molecular formula is C10H10ClN. The van der Waals surface area contributed by atoms with Crippen LogP contribution in [0.25, 0.3) is 10.9 Å². The van der Waals surface area contributed by atoms with Crippen molar-refractivity contribution in [3.8, 4) is 0 Å². The lowest BCUT2D eigenvalue weighted by Crippen LogP contribution is -1.77. The second-order valence-electron chi connectivity index (χ2n) is 3.09. The maximum atomic E-state index is 5.98. The van der Waals surface area contributed by atoms with Crippen molar-refractivity contribution in [3.05, 3.63) is 34.5 Å². The van der Waals surface area contributed by atoms with Gasteiger partial charge in [-0.15, -0.1) is 0 Å². The van der Waals surface area contributed by atoms with E-state index in [0.29, 0.717) is 0 Å². The number of aryl methyl sites for hydroxylation is 2. The summed E-state index contributed by atoms with van der Waals surface area (Å²) < 4.78 is 0. The van der Waals surface area contributed by atoms with Crippen molar-refractivity contribution in [3.63, 3.8) is 0 Å². The van der Waals surface area contributed by atoms with Crippen molar-refractivity contribution in [2.24, 2.45) is 0 Å². The topological polar surface area (TPSA) is 15.8 Å². The Bertz CT molecular complexity index is 429. The van der Waals surface area contributed by atoms with Crippen molar-refractivity contribution in [2.45, 2.75) is 13.8 Å². The number of fused-ring (bicyclic) bond motifs is 1. The van der Waals surface area contributed by atoms with Crippen molar-refractivity contribution in [2.75, 3.05) is 0 Å². The normalized spacial score (nSPS) is 10.9. The molecule has 0 radical (unpaired) electrons. The maximum Gasteiger partial charge on any atom is 0.0500 e. The van der Waals surface area contributed by atoms with E-state index in [1.54, 1.807) is 0 Å². The van der Waals surface area contributed by atoms with Crippen LogP contribution in [0.2, 0.25) is 5.02 Å². The Balaban J connectivity index is 2.89. The smallest absolute Gasteiger partial charge is 0.0500 e. The zero-order valence-corrected chi connectivity index (χ0v) is 7.87. The van der Waals surface area contributed by atoms with E-state index in [4.69, 9.17) is 11.6 Å². The number of aromatic amines is 1. The van der Waals surface area contributed by atoms with Crippen molar-refractivity contribution >= 4 is 22.5 Å². The molecule has 2 rings (SSSR count). The Morgan fingerprint density at radius 1 is 1.25 bits per heavy atom. The molecule has 1 N–H and O–H groups in total. The standard InChI is InChI=1S/C10H10ClN/c1-6-5-8-3-4-9(11)7(2)10(8)12-6/h3-5,12H,1-2H3. The monoisotopic (exact) mass is 179 g/mol. The molecular weight excluding hydrogens is 170 g/mol. The number of rotatable bonds is 0. The second-order valence-corrected chi connectivity index (χ2v) is 3.50. The highest BCUT2D eigenvalue weighted by Gasteiger charge is 2.02. The highest BCUT2D eigenvalue weighted by atomic mass is 35.5. The van der Waals surface area contributed by atoms with Crippen LogP contribution in [0.4, 0.5) is 0 Å². The third-order valence-corrected chi connectivity index (χ3v) is 2.53. The molecule has 0 aliphatic heterocycles. The molecule has 0 atom stereocenters. The van der Waals surface area contributed by atoms with Gasteiger partial charge in [-0.3, -0.25) is 0 Å². The lowest BCUT2D eigenvalue weighted by Gasteiger charge is -1.97. The van der Waals surface area contributed by atoms with Gasteiger partial charge in [0.1, 0.15) is 0 Å². The van der Waals surface area contributed by atoms with Gasteiger partial charge < -0.3 is 4.98 Å². The van der Waals surface area contributed by atoms with Gasteiger partial charge in [0, 0.05) is 16.1 Å². The molecule has 12 heavy (non-hydrogen) atoms. The van der Waals surface area contributed by atoms with Gasteiger partial charge in [0.05, 0.1) is 5.52 Å². The van der Waals surface area contributed by atoms with E-state index >= 15 is 0 Å². The Morgan fingerprint density at radius 3 is 2.75 bits per heavy atom. The fourth-order valence-corrected chi connectivity index (χ4v) is 1.62. The van der Waals surface area contributed by atoms with Crippen LogP contribution in [0.1, 0.15) is 11.3 Å². The minimum atomic E-state index is 0.823. The Kier molecular flexibility index (Phi) is 1.62. The Hall–Kier alpha value is -0.950. The molecule has 0 saturated carbocycles. The summed E-state index contributed by atoms with van der Waals surface area (Å²) in [5.41, 5.74) is 3.46. The van der Waals surface area contributed by atoms with E-state index in [0.717, 1.165) is 16.1 Å². The van der Waals surface area contributed by atoms with Gasteiger partial charge in [0.25, 0.3) is 0 Å². The fraction of sp³-hybridized carbons (Fsp3) is 0.200. The van der Waals surface area contributed by atoms with E-state index in [-0.39, 0.29) is 0 Å². The minimum Gasteiger partial charge on any atom is -0.358 e. The van der Waals surface area contributed by atoms with Crippen LogP contribution in [0.5, 0.6) is 0 Å². The summed E-state index contributed by atoms with van der Waals surface area (Å²) >= 11 is 5.98. The van der Waals surface area contributed by atoms with Crippen LogP contribution >= 0.6 is 11.6 Å². The summed E-state index contributed by atoms with van der Waals surface area (Å²) in [5.74, 6) is 0.